The van der Waals surface area contributed by atoms with Crippen LogP contribution in [0.1, 0.15) is 16.8 Å². The lowest BCUT2D eigenvalue weighted by Crippen LogP contribution is -2.13. The Morgan fingerprint density at radius 3 is 2.43 bits per heavy atom. The minimum Gasteiger partial charge on any atom is -0.489 e. The number of ether oxygens (including phenoxy) is 2. The van der Waals surface area contributed by atoms with Crippen molar-refractivity contribution in [2.45, 2.75) is 6.42 Å². The SMILES string of the molecule is Nc1cc2c(cc1NC(=O)c1ccccc1)OCCCO2. The first-order chi connectivity index (χ1) is 10.2. The second kappa shape index (κ2) is 5.75. The molecule has 0 atom stereocenters. The minimum absolute atomic E-state index is 0.211. The van der Waals surface area contributed by atoms with Crippen molar-refractivity contribution in [1.82, 2.24) is 0 Å². The van der Waals surface area contributed by atoms with Crippen molar-refractivity contribution in [2.75, 3.05) is 24.3 Å². The molecule has 1 heterocycles. The minimum atomic E-state index is -0.211. The Kier molecular flexibility index (Phi) is 3.64. The van der Waals surface area contributed by atoms with Gasteiger partial charge >= 0.3 is 0 Å². The maximum absolute atomic E-state index is 12.2. The molecule has 1 aliphatic heterocycles. The third kappa shape index (κ3) is 2.91. The molecule has 0 spiro atoms. The second-order valence-electron chi connectivity index (χ2n) is 4.76. The Balaban J connectivity index is 1.86. The van der Waals surface area contributed by atoms with Crippen molar-refractivity contribution >= 4 is 17.3 Å². The van der Waals surface area contributed by atoms with Gasteiger partial charge in [-0.1, -0.05) is 18.2 Å². The Labute approximate surface area is 122 Å². The fraction of sp³-hybridized carbons (Fsp3) is 0.188. The quantitative estimate of drug-likeness (QED) is 0.831. The van der Waals surface area contributed by atoms with Crippen LogP contribution >= 0.6 is 0 Å². The molecule has 108 valence electrons. The molecule has 0 bridgehead atoms. The van der Waals surface area contributed by atoms with E-state index in [0.29, 0.717) is 41.7 Å². The predicted molar refractivity (Wildman–Crippen MR) is 80.9 cm³/mol. The van der Waals surface area contributed by atoms with Crippen LogP contribution in [0, 0.1) is 0 Å². The molecule has 0 aliphatic carbocycles. The monoisotopic (exact) mass is 284 g/mol. The zero-order chi connectivity index (χ0) is 14.7. The molecule has 3 rings (SSSR count). The van der Waals surface area contributed by atoms with Crippen LogP contribution in [0.5, 0.6) is 11.5 Å². The van der Waals surface area contributed by atoms with Crippen molar-refractivity contribution in [2.24, 2.45) is 0 Å². The summed E-state index contributed by atoms with van der Waals surface area (Å²) in [6.45, 7) is 1.19. The zero-order valence-corrected chi connectivity index (χ0v) is 11.5. The summed E-state index contributed by atoms with van der Waals surface area (Å²) in [6.07, 6.45) is 0.820. The lowest BCUT2D eigenvalue weighted by Gasteiger charge is -2.13. The third-order valence-corrected chi connectivity index (χ3v) is 3.20. The van der Waals surface area contributed by atoms with Crippen molar-refractivity contribution in [3.8, 4) is 11.5 Å². The molecule has 0 saturated heterocycles. The lowest BCUT2D eigenvalue weighted by atomic mass is 10.2. The molecule has 1 amide bonds. The van der Waals surface area contributed by atoms with Gasteiger partial charge in [0.1, 0.15) is 0 Å². The first-order valence-corrected chi connectivity index (χ1v) is 6.79. The summed E-state index contributed by atoms with van der Waals surface area (Å²) in [5.41, 5.74) is 7.51. The van der Waals surface area contributed by atoms with Crippen LogP contribution in [0.15, 0.2) is 42.5 Å². The molecule has 0 radical (unpaired) electrons. The second-order valence-corrected chi connectivity index (χ2v) is 4.76. The Hall–Kier alpha value is -2.69. The molecule has 2 aromatic rings. The topological polar surface area (TPSA) is 73.6 Å². The number of nitrogens with two attached hydrogens (primary N) is 1. The van der Waals surface area contributed by atoms with E-state index in [0.717, 1.165) is 6.42 Å². The standard InChI is InChI=1S/C16H16N2O3/c17-12-9-14-15(21-8-4-7-20-14)10-13(12)18-16(19)11-5-2-1-3-6-11/h1-3,5-6,9-10H,4,7-8,17H2,(H,18,19). The van der Waals surface area contributed by atoms with E-state index in [-0.39, 0.29) is 5.91 Å². The molecular weight excluding hydrogens is 268 g/mol. The maximum atomic E-state index is 12.2. The fourth-order valence-electron chi connectivity index (χ4n) is 2.12. The number of fused-ring (bicyclic) bond motifs is 1. The molecule has 1 aliphatic rings. The van der Waals surface area contributed by atoms with E-state index in [1.54, 1.807) is 24.3 Å². The van der Waals surface area contributed by atoms with Crippen LogP contribution in [0.25, 0.3) is 0 Å². The average Bonchev–Trinajstić information content (AvgIpc) is 2.73. The first kappa shape index (κ1) is 13.3. The Morgan fingerprint density at radius 1 is 1.05 bits per heavy atom. The van der Waals surface area contributed by atoms with Gasteiger partial charge in [0.2, 0.25) is 0 Å². The number of hydrogen-bond acceptors (Lipinski definition) is 4. The highest BCUT2D eigenvalue weighted by molar-refractivity contribution is 6.06. The largest absolute Gasteiger partial charge is 0.489 e. The highest BCUT2D eigenvalue weighted by Gasteiger charge is 2.15. The molecule has 5 nitrogen and oxygen atoms in total. The summed E-state index contributed by atoms with van der Waals surface area (Å²) >= 11 is 0. The first-order valence-electron chi connectivity index (χ1n) is 6.79. The third-order valence-electron chi connectivity index (χ3n) is 3.20. The van der Waals surface area contributed by atoms with Gasteiger partial charge in [-0.15, -0.1) is 0 Å². The molecule has 5 heteroatoms. The van der Waals surface area contributed by atoms with Gasteiger partial charge in [0.15, 0.2) is 11.5 Å². The van der Waals surface area contributed by atoms with Crippen molar-refractivity contribution in [1.29, 1.82) is 0 Å². The number of anilines is 2. The summed E-state index contributed by atoms with van der Waals surface area (Å²) in [5.74, 6) is 1.00. The normalized spacial score (nSPS) is 13.3. The van der Waals surface area contributed by atoms with E-state index in [1.165, 1.54) is 0 Å². The number of nitrogens with one attached hydrogen (secondary N) is 1. The molecule has 2 aromatic carbocycles. The van der Waals surface area contributed by atoms with E-state index in [1.807, 2.05) is 18.2 Å². The molecular formula is C16H16N2O3. The van der Waals surface area contributed by atoms with E-state index >= 15 is 0 Å². The molecule has 0 aromatic heterocycles. The fourth-order valence-corrected chi connectivity index (χ4v) is 2.12. The van der Waals surface area contributed by atoms with Crippen LogP contribution in [-0.4, -0.2) is 19.1 Å². The Morgan fingerprint density at radius 2 is 1.71 bits per heavy atom. The molecule has 0 fully saturated rings. The summed E-state index contributed by atoms with van der Waals surface area (Å²) < 4.78 is 11.2. The van der Waals surface area contributed by atoms with Gasteiger partial charge in [0.25, 0.3) is 5.91 Å². The molecule has 0 unspecified atom stereocenters. The predicted octanol–water partition coefficient (Wildman–Crippen LogP) is 2.68. The van der Waals surface area contributed by atoms with Crippen LogP contribution in [-0.2, 0) is 0 Å². The van der Waals surface area contributed by atoms with E-state index in [2.05, 4.69) is 5.32 Å². The number of amides is 1. The smallest absolute Gasteiger partial charge is 0.255 e. The van der Waals surface area contributed by atoms with Crippen molar-refractivity contribution in [3.05, 3.63) is 48.0 Å². The zero-order valence-electron chi connectivity index (χ0n) is 11.5. The summed E-state index contributed by atoms with van der Waals surface area (Å²) in [5, 5.41) is 2.80. The summed E-state index contributed by atoms with van der Waals surface area (Å²) in [4.78, 5) is 12.2. The van der Waals surface area contributed by atoms with Gasteiger partial charge in [-0.05, 0) is 12.1 Å². The molecule has 0 saturated carbocycles. The van der Waals surface area contributed by atoms with Gasteiger partial charge in [-0.25, -0.2) is 0 Å². The number of carbonyl (C=O) groups excluding carboxylic acids is 1. The van der Waals surface area contributed by atoms with E-state index in [4.69, 9.17) is 15.2 Å². The van der Waals surface area contributed by atoms with Gasteiger partial charge in [0, 0.05) is 24.1 Å². The van der Waals surface area contributed by atoms with Gasteiger partial charge < -0.3 is 20.5 Å². The van der Waals surface area contributed by atoms with Gasteiger partial charge in [-0.2, -0.15) is 0 Å². The summed E-state index contributed by atoms with van der Waals surface area (Å²) in [7, 11) is 0. The number of nitrogen functional groups attached to an aromatic ring is 1. The Bertz CT molecular complexity index is 656. The highest BCUT2D eigenvalue weighted by atomic mass is 16.5. The molecule has 21 heavy (non-hydrogen) atoms. The number of rotatable bonds is 2. The summed E-state index contributed by atoms with van der Waals surface area (Å²) in [6, 6.07) is 12.4. The average molecular weight is 284 g/mol. The van der Waals surface area contributed by atoms with Crippen molar-refractivity contribution in [3.63, 3.8) is 0 Å². The van der Waals surface area contributed by atoms with Gasteiger partial charge in [-0.3, -0.25) is 4.79 Å². The van der Waals surface area contributed by atoms with Gasteiger partial charge in [0.05, 0.1) is 24.6 Å². The van der Waals surface area contributed by atoms with Crippen LogP contribution in [0.4, 0.5) is 11.4 Å². The maximum Gasteiger partial charge on any atom is 0.255 e. The number of benzene rings is 2. The highest BCUT2D eigenvalue weighted by Crippen LogP contribution is 2.36. The lowest BCUT2D eigenvalue weighted by molar-refractivity contribution is 0.102. The molecule has 3 N–H and O–H groups in total. The van der Waals surface area contributed by atoms with Crippen LogP contribution < -0.4 is 20.5 Å². The number of carbonyl (C=O) groups is 1. The number of hydrogen-bond donors (Lipinski definition) is 2. The van der Waals surface area contributed by atoms with E-state index < -0.39 is 0 Å². The van der Waals surface area contributed by atoms with Crippen molar-refractivity contribution < 1.29 is 14.3 Å². The van der Waals surface area contributed by atoms with E-state index in [9.17, 15) is 4.79 Å². The van der Waals surface area contributed by atoms with Crippen LogP contribution in [0.2, 0.25) is 0 Å². The van der Waals surface area contributed by atoms with Crippen LogP contribution in [0.3, 0.4) is 0 Å².